The Morgan fingerprint density at radius 2 is 1.77 bits per heavy atom. The van der Waals surface area contributed by atoms with E-state index in [1.54, 1.807) is 7.11 Å². The molecule has 0 bridgehead atoms. The quantitative estimate of drug-likeness (QED) is 0.836. The Morgan fingerprint density at radius 3 is 2.46 bits per heavy atom. The van der Waals surface area contributed by atoms with Crippen molar-refractivity contribution in [1.29, 1.82) is 0 Å². The number of nitrogens with one attached hydrogen (secondary N) is 1. The highest BCUT2D eigenvalue weighted by Crippen LogP contribution is 2.24. The van der Waals surface area contributed by atoms with Crippen molar-refractivity contribution in [1.82, 2.24) is 10.2 Å². The van der Waals surface area contributed by atoms with Crippen molar-refractivity contribution in [3.63, 3.8) is 0 Å². The molecule has 1 aliphatic rings. The zero-order valence-corrected chi connectivity index (χ0v) is 15.8. The van der Waals surface area contributed by atoms with Gasteiger partial charge in [-0.15, -0.1) is 0 Å². The van der Waals surface area contributed by atoms with E-state index >= 15 is 0 Å². The van der Waals surface area contributed by atoms with E-state index in [2.05, 4.69) is 16.3 Å². The number of hydrogen-bond donors (Lipinski definition) is 1. The normalized spacial score (nSPS) is 15.6. The number of carbonyl (C=O) groups excluding carboxylic acids is 1. The van der Waals surface area contributed by atoms with Crippen LogP contribution in [0.4, 0.5) is 0 Å². The molecule has 5 heteroatoms. The molecule has 0 atom stereocenters. The summed E-state index contributed by atoms with van der Waals surface area (Å²) < 4.78 is 5.43. The zero-order chi connectivity index (χ0) is 18.4. The topological polar surface area (TPSA) is 41.6 Å². The lowest BCUT2D eigenvalue weighted by Crippen LogP contribution is -2.40. The highest BCUT2D eigenvalue weighted by atomic mass is 35.5. The van der Waals surface area contributed by atoms with Crippen molar-refractivity contribution in [3.8, 4) is 5.75 Å². The van der Waals surface area contributed by atoms with Crippen molar-refractivity contribution >= 4 is 17.5 Å². The van der Waals surface area contributed by atoms with Crippen LogP contribution in [0.1, 0.15) is 24.0 Å². The molecule has 0 spiro atoms. The molecule has 26 heavy (non-hydrogen) atoms. The Labute approximate surface area is 160 Å². The van der Waals surface area contributed by atoms with Crippen molar-refractivity contribution in [3.05, 3.63) is 64.7 Å². The molecule has 1 amide bonds. The summed E-state index contributed by atoms with van der Waals surface area (Å²) in [5, 5.41) is 3.72. The van der Waals surface area contributed by atoms with Gasteiger partial charge in [-0.2, -0.15) is 0 Å². The van der Waals surface area contributed by atoms with Gasteiger partial charge in [-0.05, 0) is 43.6 Å². The van der Waals surface area contributed by atoms with Gasteiger partial charge < -0.3 is 10.1 Å². The molecule has 1 N–H and O–H groups in total. The summed E-state index contributed by atoms with van der Waals surface area (Å²) in [5.41, 5.74) is 2.15. The van der Waals surface area contributed by atoms with Crippen molar-refractivity contribution in [2.24, 2.45) is 5.92 Å². The third-order valence-electron chi connectivity index (χ3n) is 4.96. The number of halogens is 1. The van der Waals surface area contributed by atoms with Crippen LogP contribution >= 0.6 is 11.6 Å². The predicted octanol–water partition coefficient (Wildman–Crippen LogP) is 3.88. The summed E-state index contributed by atoms with van der Waals surface area (Å²) in [5.74, 6) is 1.13. The average molecular weight is 373 g/mol. The second kappa shape index (κ2) is 9.06. The average Bonchev–Trinajstić information content (AvgIpc) is 2.68. The SMILES string of the molecule is COc1ccccc1CN1CCC(C(=O)NCc2ccccc2Cl)CC1. The molecule has 4 nitrogen and oxygen atoms in total. The van der Waals surface area contributed by atoms with Crippen LogP contribution in [0.5, 0.6) is 5.75 Å². The van der Waals surface area contributed by atoms with Crippen molar-refractivity contribution in [2.45, 2.75) is 25.9 Å². The van der Waals surface area contributed by atoms with Gasteiger partial charge in [0.25, 0.3) is 0 Å². The zero-order valence-electron chi connectivity index (χ0n) is 15.1. The molecule has 0 saturated carbocycles. The third-order valence-corrected chi connectivity index (χ3v) is 5.32. The Balaban J connectivity index is 1.47. The standard InChI is InChI=1S/C21H25ClN2O2/c1-26-20-9-5-3-7-18(20)15-24-12-10-16(11-13-24)21(25)23-14-17-6-2-4-8-19(17)22/h2-9,16H,10-15H2,1H3,(H,23,25). The smallest absolute Gasteiger partial charge is 0.223 e. The molecule has 1 saturated heterocycles. The van der Waals surface area contributed by atoms with E-state index in [-0.39, 0.29) is 11.8 Å². The molecule has 0 aliphatic carbocycles. The first-order valence-electron chi connectivity index (χ1n) is 9.02. The number of hydrogen-bond acceptors (Lipinski definition) is 3. The maximum atomic E-state index is 12.5. The van der Waals surface area contributed by atoms with E-state index in [0.717, 1.165) is 43.8 Å². The molecular formula is C21H25ClN2O2. The number of carbonyl (C=O) groups is 1. The van der Waals surface area contributed by atoms with Crippen LogP contribution in [-0.4, -0.2) is 31.0 Å². The van der Waals surface area contributed by atoms with Crippen LogP contribution in [0.25, 0.3) is 0 Å². The Kier molecular flexibility index (Phi) is 6.53. The summed E-state index contributed by atoms with van der Waals surface area (Å²) in [7, 11) is 1.70. The lowest BCUT2D eigenvalue weighted by Gasteiger charge is -2.31. The maximum absolute atomic E-state index is 12.5. The number of piperidine rings is 1. The monoisotopic (exact) mass is 372 g/mol. The number of nitrogens with zero attached hydrogens (tertiary/aromatic N) is 1. The minimum absolute atomic E-state index is 0.0754. The molecule has 2 aromatic carbocycles. The van der Waals surface area contributed by atoms with Gasteiger partial charge in [-0.1, -0.05) is 48.0 Å². The Morgan fingerprint density at radius 1 is 1.12 bits per heavy atom. The predicted molar refractivity (Wildman–Crippen MR) is 104 cm³/mol. The van der Waals surface area contributed by atoms with Crippen LogP contribution in [0.15, 0.2) is 48.5 Å². The van der Waals surface area contributed by atoms with Crippen LogP contribution < -0.4 is 10.1 Å². The van der Waals surface area contributed by atoms with E-state index in [9.17, 15) is 4.79 Å². The second-order valence-electron chi connectivity index (χ2n) is 6.67. The van der Waals surface area contributed by atoms with Crippen molar-refractivity contribution < 1.29 is 9.53 Å². The molecule has 1 aliphatic heterocycles. The number of amides is 1. The molecule has 3 rings (SSSR count). The number of methoxy groups -OCH3 is 1. The Hall–Kier alpha value is -2.04. The number of rotatable bonds is 6. The Bertz CT molecular complexity index is 742. The molecule has 0 unspecified atom stereocenters. The number of para-hydroxylation sites is 1. The molecule has 138 valence electrons. The van der Waals surface area contributed by atoms with Gasteiger partial charge in [0, 0.05) is 29.6 Å². The molecule has 1 heterocycles. The fourth-order valence-corrected chi connectivity index (χ4v) is 3.60. The van der Waals surface area contributed by atoms with E-state index < -0.39 is 0 Å². The number of benzene rings is 2. The van der Waals surface area contributed by atoms with Gasteiger partial charge in [0.1, 0.15) is 5.75 Å². The van der Waals surface area contributed by atoms with Crippen LogP contribution in [0.3, 0.4) is 0 Å². The fraction of sp³-hybridized carbons (Fsp3) is 0.381. The van der Waals surface area contributed by atoms with Crippen LogP contribution in [0, 0.1) is 5.92 Å². The minimum Gasteiger partial charge on any atom is -0.496 e. The molecular weight excluding hydrogens is 348 g/mol. The fourth-order valence-electron chi connectivity index (χ4n) is 3.40. The van der Waals surface area contributed by atoms with Gasteiger partial charge in [0.15, 0.2) is 0 Å². The first kappa shape index (κ1) is 18.7. The summed E-state index contributed by atoms with van der Waals surface area (Å²) in [6.45, 7) is 3.18. The van der Waals surface area contributed by atoms with E-state index in [4.69, 9.17) is 16.3 Å². The molecule has 1 fully saturated rings. The lowest BCUT2D eigenvalue weighted by atomic mass is 9.95. The van der Waals surface area contributed by atoms with Gasteiger partial charge in [-0.25, -0.2) is 0 Å². The van der Waals surface area contributed by atoms with Crippen LogP contribution in [0.2, 0.25) is 5.02 Å². The first-order chi connectivity index (χ1) is 12.7. The largest absolute Gasteiger partial charge is 0.496 e. The summed E-state index contributed by atoms with van der Waals surface area (Å²) >= 11 is 6.15. The first-order valence-corrected chi connectivity index (χ1v) is 9.40. The molecule has 0 aromatic heterocycles. The van der Waals surface area contributed by atoms with Gasteiger partial charge in [0.2, 0.25) is 5.91 Å². The van der Waals surface area contributed by atoms with Crippen LogP contribution in [-0.2, 0) is 17.9 Å². The number of ether oxygens (including phenoxy) is 1. The summed E-state index contributed by atoms with van der Waals surface area (Å²) in [6, 6.07) is 15.7. The highest BCUT2D eigenvalue weighted by molar-refractivity contribution is 6.31. The highest BCUT2D eigenvalue weighted by Gasteiger charge is 2.25. The van der Waals surface area contributed by atoms with Gasteiger partial charge in [-0.3, -0.25) is 9.69 Å². The maximum Gasteiger partial charge on any atom is 0.223 e. The summed E-state index contributed by atoms with van der Waals surface area (Å²) in [6.07, 6.45) is 1.76. The van der Waals surface area contributed by atoms with Gasteiger partial charge in [0.05, 0.1) is 7.11 Å². The minimum atomic E-state index is 0.0754. The van der Waals surface area contributed by atoms with Crippen molar-refractivity contribution in [2.75, 3.05) is 20.2 Å². The lowest BCUT2D eigenvalue weighted by molar-refractivity contribution is -0.126. The molecule has 2 aromatic rings. The van der Waals surface area contributed by atoms with Gasteiger partial charge >= 0.3 is 0 Å². The third kappa shape index (κ3) is 4.77. The van der Waals surface area contributed by atoms with E-state index in [0.29, 0.717) is 11.6 Å². The second-order valence-corrected chi connectivity index (χ2v) is 7.08. The molecule has 0 radical (unpaired) electrons. The van der Waals surface area contributed by atoms with E-state index in [1.807, 2.05) is 42.5 Å². The summed E-state index contributed by atoms with van der Waals surface area (Å²) in [4.78, 5) is 14.8. The number of likely N-dealkylation sites (tertiary alicyclic amines) is 1. The van der Waals surface area contributed by atoms with E-state index in [1.165, 1.54) is 5.56 Å².